The Morgan fingerprint density at radius 3 is 2.50 bits per heavy atom. The Morgan fingerprint density at radius 1 is 1.56 bits per heavy atom. The number of hydrogen-bond donors (Lipinski definition) is 2. The summed E-state index contributed by atoms with van der Waals surface area (Å²) < 4.78 is 27.9. The molecule has 0 aliphatic heterocycles. The minimum atomic E-state index is -3.58. The van der Waals surface area contributed by atoms with Crippen molar-refractivity contribution < 1.29 is 8.42 Å². The van der Waals surface area contributed by atoms with E-state index in [1.807, 2.05) is 0 Å². The zero-order valence-corrected chi connectivity index (χ0v) is 10.7. The number of hydrogen-bond acceptors (Lipinski definition) is 4. The molecule has 0 aliphatic rings. The quantitative estimate of drug-likeness (QED) is 0.771. The van der Waals surface area contributed by atoms with E-state index < -0.39 is 15.6 Å². The lowest BCUT2D eigenvalue weighted by molar-refractivity contribution is 0.386. The number of nitrogens with one attached hydrogen (secondary N) is 1. The van der Waals surface area contributed by atoms with Crippen molar-refractivity contribution in [2.24, 2.45) is 12.8 Å². The Morgan fingerprint density at radius 2 is 2.12 bits per heavy atom. The summed E-state index contributed by atoms with van der Waals surface area (Å²) in [6.07, 6.45) is 1.44. The predicted molar refractivity (Wildman–Crippen MR) is 61.3 cm³/mol. The van der Waals surface area contributed by atoms with Crippen LogP contribution in [-0.2, 0) is 17.1 Å². The van der Waals surface area contributed by atoms with E-state index in [4.69, 9.17) is 5.73 Å². The second-order valence-corrected chi connectivity index (χ2v) is 6.04. The summed E-state index contributed by atoms with van der Waals surface area (Å²) in [6, 6.07) is 1.15. The van der Waals surface area contributed by atoms with Crippen LogP contribution in [0.1, 0.15) is 20.8 Å². The van der Waals surface area contributed by atoms with Gasteiger partial charge >= 0.3 is 0 Å². The highest BCUT2D eigenvalue weighted by atomic mass is 32.2. The first-order valence-electron chi connectivity index (χ1n) is 4.94. The molecule has 0 aliphatic carbocycles. The first-order chi connectivity index (χ1) is 7.17. The average molecular weight is 246 g/mol. The summed E-state index contributed by atoms with van der Waals surface area (Å²) in [5, 5.41) is 3.95. The van der Waals surface area contributed by atoms with E-state index in [1.165, 1.54) is 16.9 Å². The smallest absolute Gasteiger partial charge is 0.258 e. The Labute approximate surface area is 95.9 Å². The zero-order valence-electron chi connectivity index (χ0n) is 9.93. The molecule has 1 heterocycles. The Hall–Kier alpha value is -0.920. The van der Waals surface area contributed by atoms with Gasteiger partial charge in [-0.25, -0.2) is 13.1 Å². The van der Waals surface area contributed by atoms with E-state index in [-0.39, 0.29) is 11.1 Å². The predicted octanol–water partition coefficient (Wildman–Crippen LogP) is -0.176. The molecule has 3 N–H and O–H groups in total. The molecule has 6 nitrogen and oxygen atoms in total. The summed E-state index contributed by atoms with van der Waals surface area (Å²) in [6.45, 7) is 5.24. The fraction of sp³-hybridized carbons (Fsp3) is 0.667. The van der Waals surface area contributed by atoms with E-state index >= 15 is 0 Å². The lowest BCUT2D eigenvalue weighted by Crippen LogP contribution is -2.54. The molecule has 1 rings (SSSR count). The van der Waals surface area contributed by atoms with Gasteiger partial charge in [0.2, 0.25) is 0 Å². The van der Waals surface area contributed by atoms with Crippen molar-refractivity contribution in [2.75, 3.05) is 0 Å². The van der Waals surface area contributed by atoms with Gasteiger partial charge in [0.25, 0.3) is 10.0 Å². The monoisotopic (exact) mass is 246 g/mol. The maximum Gasteiger partial charge on any atom is 0.258 e. The van der Waals surface area contributed by atoms with Gasteiger partial charge in [0.15, 0.2) is 5.03 Å². The second-order valence-electron chi connectivity index (χ2n) is 4.41. The van der Waals surface area contributed by atoms with Gasteiger partial charge in [-0.3, -0.25) is 4.68 Å². The molecule has 0 saturated heterocycles. The van der Waals surface area contributed by atoms with Crippen LogP contribution in [0.4, 0.5) is 0 Å². The van der Waals surface area contributed by atoms with Crippen LogP contribution in [-0.4, -0.2) is 29.8 Å². The molecule has 1 aromatic heterocycles. The molecule has 7 heteroatoms. The molecule has 16 heavy (non-hydrogen) atoms. The van der Waals surface area contributed by atoms with Crippen molar-refractivity contribution in [1.82, 2.24) is 14.5 Å². The van der Waals surface area contributed by atoms with Gasteiger partial charge in [-0.2, -0.15) is 5.10 Å². The Kier molecular flexibility index (Phi) is 3.41. The standard InChI is InChI=1S/C9H18N4O2S/c1-7(10)9(2,3)12-16(14,15)8-5-6-11-13(8)4/h5-7,12H,10H2,1-4H3. The maximum atomic E-state index is 12.0. The van der Waals surface area contributed by atoms with E-state index in [0.717, 1.165) is 0 Å². The molecule has 0 aromatic carbocycles. The van der Waals surface area contributed by atoms with Crippen molar-refractivity contribution in [3.63, 3.8) is 0 Å². The zero-order chi connectivity index (χ0) is 12.6. The molecular weight excluding hydrogens is 228 g/mol. The van der Waals surface area contributed by atoms with Crippen molar-refractivity contribution in [1.29, 1.82) is 0 Å². The molecule has 1 aromatic rings. The summed E-state index contributed by atoms with van der Waals surface area (Å²) >= 11 is 0. The SMILES string of the molecule is CC(N)C(C)(C)NS(=O)(=O)c1ccnn1C. The fourth-order valence-electron chi connectivity index (χ4n) is 1.12. The highest BCUT2D eigenvalue weighted by molar-refractivity contribution is 7.89. The van der Waals surface area contributed by atoms with Crippen LogP contribution >= 0.6 is 0 Å². The van der Waals surface area contributed by atoms with Gasteiger partial charge in [-0.1, -0.05) is 0 Å². The minimum Gasteiger partial charge on any atom is -0.326 e. The van der Waals surface area contributed by atoms with Crippen LogP contribution in [0.2, 0.25) is 0 Å². The van der Waals surface area contributed by atoms with Crippen molar-refractivity contribution in [2.45, 2.75) is 37.4 Å². The highest BCUT2D eigenvalue weighted by Crippen LogP contribution is 2.13. The highest BCUT2D eigenvalue weighted by Gasteiger charge is 2.30. The van der Waals surface area contributed by atoms with E-state index in [2.05, 4.69) is 9.82 Å². The Bertz CT molecular complexity index is 462. The van der Waals surface area contributed by atoms with Crippen LogP contribution in [0.5, 0.6) is 0 Å². The third-order valence-corrected chi connectivity index (χ3v) is 4.33. The second kappa shape index (κ2) is 4.15. The van der Waals surface area contributed by atoms with Crippen LogP contribution in [0, 0.1) is 0 Å². The van der Waals surface area contributed by atoms with Gasteiger partial charge in [-0.05, 0) is 26.8 Å². The number of aromatic nitrogens is 2. The number of aryl methyl sites for hydroxylation is 1. The summed E-state index contributed by atoms with van der Waals surface area (Å²) in [5.41, 5.74) is 5.01. The molecule has 92 valence electrons. The third-order valence-electron chi connectivity index (χ3n) is 2.59. The van der Waals surface area contributed by atoms with E-state index in [1.54, 1.807) is 27.8 Å². The molecular formula is C9H18N4O2S. The number of nitrogens with two attached hydrogens (primary N) is 1. The molecule has 1 unspecified atom stereocenters. The molecule has 0 fully saturated rings. The van der Waals surface area contributed by atoms with Crippen molar-refractivity contribution >= 4 is 10.0 Å². The summed E-state index contributed by atoms with van der Waals surface area (Å²) in [5.74, 6) is 0. The lowest BCUT2D eigenvalue weighted by atomic mass is 9.99. The third kappa shape index (κ3) is 2.60. The molecule has 0 saturated carbocycles. The molecule has 0 radical (unpaired) electrons. The normalized spacial score (nSPS) is 15.1. The van der Waals surface area contributed by atoms with E-state index in [9.17, 15) is 8.42 Å². The van der Waals surface area contributed by atoms with Crippen LogP contribution in [0.25, 0.3) is 0 Å². The first kappa shape index (κ1) is 13.1. The first-order valence-corrected chi connectivity index (χ1v) is 6.43. The lowest BCUT2D eigenvalue weighted by Gasteiger charge is -2.29. The van der Waals surface area contributed by atoms with Gasteiger partial charge in [0.1, 0.15) is 0 Å². The summed E-state index contributed by atoms with van der Waals surface area (Å²) in [4.78, 5) is 0. The molecule has 0 amide bonds. The number of rotatable bonds is 4. The van der Waals surface area contributed by atoms with Gasteiger partial charge in [-0.15, -0.1) is 0 Å². The van der Waals surface area contributed by atoms with Crippen molar-refractivity contribution in [3.8, 4) is 0 Å². The number of nitrogens with zero attached hydrogens (tertiary/aromatic N) is 2. The van der Waals surface area contributed by atoms with Gasteiger partial charge in [0, 0.05) is 18.6 Å². The van der Waals surface area contributed by atoms with Crippen LogP contribution in [0.15, 0.2) is 17.3 Å². The topological polar surface area (TPSA) is 90.0 Å². The average Bonchev–Trinajstić information content (AvgIpc) is 2.49. The van der Waals surface area contributed by atoms with Gasteiger partial charge in [0.05, 0.1) is 6.20 Å². The maximum absolute atomic E-state index is 12.0. The molecule has 0 bridgehead atoms. The van der Waals surface area contributed by atoms with Crippen molar-refractivity contribution in [3.05, 3.63) is 12.3 Å². The van der Waals surface area contributed by atoms with E-state index in [0.29, 0.717) is 0 Å². The number of sulfonamides is 1. The Balaban J connectivity index is 3.03. The van der Waals surface area contributed by atoms with Crippen LogP contribution < -0.4 is 10.5 Å². The summed E-state index contributed by atoms with van der Waals surface area (Å²) in [7, 11) is -2.00. The molecule has 0 spiro atoms. The van der Waals surface area contributed by atoms with Gasteiger partial charge < -0.3 is 5.73 Å². The fourth-order valence-corrected chi connectivity index (χ4v) is 2.73. The van der Waals surface area contributed by atoms with Crippen LogP contribution in [0.3, 0.4) is 0 Å². The minimum absolute atomic E-state index is 0.126. The largest absolute Gasteiger partial charge is 0.326 e. The molecule has 1 atom stereocenters.